The van der Waals surface area contributed by atoms with Gasteiger partial charge in [0.05, 0.1) is 5.69 Å². The second-order valence-electron chi connectivity index (χ2n) is 5.48. The third kappa shape index (κ3) is 3.71. The van der Waals surface area contributed by atoms with Crippen molar-refractivity contribution in [3.8, 4) is 0 Å². The minimum absolute atomic E-state index is 0.318. The van der Waals surface area contributed by atoms with Gasteiger partial charge in [0.2, 0.25) is 5.95 Å². The lowest BCUT2D eigenvalue weighted by atomic mass is 10.1. The molecule has 2 aromatic rings. The summed E-state index contributed by atoms with van der Waals surface area (Å²) >= 11 is 5.91. The molecule has 1 saturated heterocycles. The maximum absolute atomic E-state index is 5.94. The Morgan fingerprint density at radius 2 is 1.86 bits per heavy atom. The molecular formula is C16H19ClN4. The van der Waals surface area contributed by atoms with Crippen molar-refractivity contribution in [2.45, 2.75) is 25.3 Å². The summed E-state index contributed by atoms with van der Waals surface area (Å²) in [6, 6.07) is 10.2. The van der Waals surface area contributed by atoms with Crippen LogP contribution in [0, 0.1) is 0 Å². The molecule has 0 aliphatic carbocycles. The molecule has 21 heavy (non-hydrogen) atoms. The van der Waals surface area contributed by atoms with Gasteiger partial charge in [-0.1, -0.05) is 23.7 Å². The molecule has 1 aliphatic heterocycles. The summed E-state index contributed by atoms with van der Waals surface area (Å²) < 4.78 is 0. The standard InChI is InChI=1S/C16H19ClN4/c17-13-3-1-12(2-4-13)11-15-5-8-19-16(20-15)21-9-6-14(18)7-10-21/h1-5,8,14H,6-7,9-11,18H2. The largest absolute Gasteiger partial charge is 0.341 e. The van der Waals surface area contributed by atoms with Crippen LogP contribution < -0.4 is 10.6 Å². The highest BCUT2D eigenvalue weighted by atomic mass is 35.5. The van der Waals surface area contributed by atoms with E-state index < -0.39 is 0 Å². The number of benzene rings is 1. The lowest BCUT2D eigenvalue weighted by Gasteiger charge is -2.30. The first-order valence-corrected chi connectivity index (χ1v) is 7.65. The van der Waals surface area contributed by atoms with Crippen LogP contribution in [0.15, 0.2) is 36.5 Å². The van der Waals surface area contributed by atoms with Gasteiger partial charge < -0.3 is 10.6 Å². The van der Waals surface area contributed by atoms with Crippen LogP contribution in [-0.4, -0.2) is 29.1 Å². The summed E-state index contributed by atoms with van der Waals surface area (Å²) in [5.74, 6) is 0.813. The second-order valence-corrected chi connectivity index (χ2v) is 5.91. The zero-order valence-corrected chi connectivity index (χ0v) is 12.6. The van der Waals surface area contributed by atoms with Crippen LogP contribution in [0.1, 0.15) is 24.1 Å². The highest BCUT2D eigenvalue weighted by Gasteiger charge is 2.18. The second kappa shape index (κ2) is 6.41. The van der Waals surface area contributed by atoms with E-state index in [1.54, 1.807) is 0 Å². The summed E-state index contributed by atoms with van der Waals surface area (Å²) in [5.41, 5.74) is 8.17. The van der Waals surface area contributed by atoms with Crippen molar-refractivity contribution < 1.29 is 0 Å². The van der Waals surface area contributed by atoms with Crippen LogP contribution >= 0.6 is 11.6 Å². The number of piperidine rings is 1. The summed E-state index contributed by atoms with van der Waals surface area (Å²) in [7, 11) is 0. The van der Waals surface area contributed by atoms with E-state index in [0.717, 1.165) is 49.0 Å². The quantitative estimate of drug-likeness (QED) is 0.947. The summed E-state index contributed by atoms with van der Waals surface area (Å²) in [6.45, 7) is 1.87. The monoisotopic (exact) mass is 302 g/mol. The maximum atomic E-state index is 5.94. The van der Waals surface area contributed by atoms with E-state index in [1.807, 2.05) is 36.5 Å². The molecule has 2 heterocycles. The number of nitrogens with two attached hydrogens (primary N) is 1. The van der Waals surface area contributed by atoms with Crippen LogP contribution in [0.4, 0.5) is 5.95 Å². The Bertz CT molecular complexity index is 591. The van der Waals surface area contributed by atoms with E-state index in [2.05, 4.69) is 14.9 Å². The van der Waals surface area contributed by atoms with Crippen LogP contribution in [-0.2, 0) is 6.42 Å². The molecule has 1 aliphatic rings. The first kappa shape index (κ1) is 14.3. The van der Waals surface area contributed by atoms with Crippen LogP contribution in [0.5, 0.6) is 0 Å². The lowest BCUT2D eigenvalue weighted by molar-refractivity contribution is 0.495. The molecule has 0 spiro atoms. The highest BCUT2D eigenvalue weighted by Crippen LogP contribution is 2.17. The van der Waals surface area contributed by atoms with E-state index >= 15 is 0 Å². The van der Waals surface area contributed by atoms with E-state index in [-0.39, 0.29) is 0 Å². The molecule has 4 nitrogen and oxygen atoms in total. The first-order chi connectivity index (χ1) is 10.2. The lowest BCUT2D eigenvalue weighted by Crippen LogP contribution is -2.40. The molecule has 110 valence electrons. The summed E-state index contributed by atoms with van der Waals surface area (Å²) in [5, 5.41) is 0.756. The van der Waals surface area contributed by atoms with E-state index in [4.69, 9.17) is 17.3 Å². The van der Waals surface area contributed by atoms with Crippen molar-refractivity contribution in [2.24, 2.45) is 5.73 Å². The fourth-order valence-electron chi connectivity index (χ4n) is 2.55. The predicted octanol–water partition coefficient (Wildman–Crippen LogP) is 2.65. The molecule has 0 bridgehead atoms. The van der Waals surface area contributed by atoms with Crippen molar-refractivity contribution in [1.82, 2.24) is 9.97 Å². The smallest absolute Gasteiger partial charge is 0.225 e. The number of hydrogen-bond donors (Lipinski definition) is 1. The maximum Gasteiger partial charge on any atom is 0.225 e. The number of hydrogen-bond acceptors (Lipinski definition) is 4. The molecule has 1 fully saturated rings. The van der Waals surface area contributed by atoms with Crippen LogP contribution in [0.2, 0.25) is 5.02 Å². The Kier molecular flexibility index (Phi) is 4.36. The third-order valence-corrected chi connectivity index (χ3v) is 4.07. The van der Waals surface area contributed by atoms with Gasteiger partial charge >= 0.3 is 0 Å². The van der Waals surface area contributed by atoms with Gasteiger partial charge in [-0.05, 0) is 36.6 Å². The minimum Gasteiger partial charge on any atom is -0.341 e. The Labute approximate surface area is 130 Å². The fraction of sp³-hybridized carbons (Fsp3) is 0.375. The molecule has 0 atom stereocenters. The van der Waals surface area contributed by atoms with Crippen molar-refractivity contribution >= 4 is 17.5 Å². The van der Waals surface area contributed by atoms with Gasteiger partial charge in [-0.15, -0.1) is 0 Å². The molecule has 0 amide bonds. The van der Waals surface area contributed by atoms with Gasteiger partial charge in [0, 0.05) is 36.8 Å². The van der Waals surface area contributed by atoms with Crippen LogP contribution in [0.25, 0.3) is 0 Å². The van der Waals surface area contributed by atoms with Crippen molar-refractivity contribution in [3.05, 3.63) is 52.8 Å². The van der Waals surface area contributed by atoms with Gasteiger partial charge in [-0.3, -0.25) is 0 Å². The molecule has 0 unspecified atom stereocenters. The van der Waals surface area contributed by atoms with E-state index in [1.165, 1.54) is 5.56 Å². The van der Waals surface area contributed by atoms with E-state index in [0.29, 0.717) is 6.04 Å². The average molecular weight is 303 g/mol. The van der Waals surface area contributed by atoms with Crippen molar-refractivity contribution in [3.63, 3.8) is 0 Å². The molecule has 0 saturated carbocycles. The topological polar surface area (TPSA) is 55.0 Å². The van der Waals surface area contributed by atoms with Gasteiger partial charge in [-0.25, -0.2) is 9.97 Å². The fourth-order valence-corrected chi connectivity index (χ4v) is 2.67. The number of halogens is 1. The Morgan fingerprint density at radius 1 is 1.14 bits per heavy atom. The van der Waals surface area contributed by atoms with E-state index in [9.17, 15) is 0 Å². The Balaban J connectivity index is 1.72. The zero-order valence-electron chi connectivity index (χ0n) is 11.9. The Hall–Kier alpha value is -1.65. The first-order valence-electron chi connectivity index (χ1n) is 7.27. The molecule has 0 radical (unpaired) electrons. The molecular weight excluding hydrogens is 284 g/mol. The Morgan fingerprint density at radius 3 is 2.57 bits per heavy atom. The van der Waals surface area contributed by atoms with Crippen LogP contribution in [0.3, 0.4) is 0 Å². The SMILES string of the molecule is NC1CCN(c2nccc(Cc3ccc(Cl)cc3)n2)CC1. The molecule has 1 aromatic heterocycles. The average Bonchev–Trinajstić information content (AvgIpc) is 2.51. The molecule has 2 N–H and O–H groups in total. The van der Waals surface area contributed by atoms with Crippen molar-refractivity contribution in [1.29, 1.82) is 0 Å². The molecule has 5 heteroatoms. The number of anilines is 1. The number of rotatable bonds is 3. The van der Waals surface area contributed by atoms with Gasteiger partial charge in [0.15, 0.2) is 0 Å². The minimum atomic E-state index is 0.318. The number of nitrogens with zero attached hydrogens (tertiary/aromatic N) is 3. The summed E-state index contributed by atoms with van der Waals surface area (Å²) in [4.78, 5) is 11.3. The van der Waals surface area contributed by atoms with Gasteiger partial charge in [0.25, 0.3) is 0 Å². The normalized spacial score (nSPS) is 16.2. The van der Waals surface area contributed by atoms with Gasteiger partial charge in [0.1, 0.15) is 0 Å². The third-order valence-electron chi connectivity index (χ3n) is 3.82. The summed E-state index contributed by atoms with van der Waals surface area (Å²) in [6.07, 6.45) is 4.64. The van der Waals surface area contributed by atoms with Crippen molar-refractivity contribution in [2.75, 3.05) is 18.0 Å². The highest BCUT2D eigenvalue weighted by molar-refractivity contribution is 6.30. The molecule has 1 aromatic carbocycles. The molecule has 3 rings (SSSR count). The number of aromatic nitrogens is 2. The zero-order chi connectivity index (χ0) is 14.7. The predicted molar refractivity (Wildman–Crippen MR) is 85.7 cm³/mol. The van der Waals surface area contributed by atoms with Gasteiger partial charge in [-0.2, -0.15) is 0 Å².